The van der Waals surface area contributed by atoms with Gasteiger partial charge >= 0.3 is 0 Å². The number of ether oxygens (including phenoxy) is 1. The van der Waals surface area contributed by atoms with E-state index in [9.17, 15) is 14.4 Å². The number of benzene rings is 2. The number of rotatable bonds is 5. The summed E-state index contributed by atoms with van der Waals surface area (Å²) in [5, 5.41) is 2.80. The maximum absolute atomic E-state index is 12.7. The zero-order chi connectivity index (χ0) is 23.2. The van der Waals surface area contributed by atoms with Gasteiger partial charge in [-0.15, -0.1) is 0 Å². The minimum atomic E-state index is -0.342. The maximum Gasteiger partial charge on any atom is 0.255 e. The molecule has 174 valence electrons. The Kier molecular flexibility index (Phi) is 7.61. The lowest BCUT2D eigenvalue weighted by Crippen LogP contribution is -2.51. The molecule has 2 heterocycles. The highest BCUT2D eigenvalue weighted by Gasteiger charge is 2.26. The van der Waals surface area contributed by atoms with E-state index < -0.39 is 0 Å². The number of nitrogens with one attached hydrogen (secondary N) is 1. The minimum absolute atomic E-state index is 0.0622. The van der Waals surface area contributed by atoms with Crippen molar-refractivity contribution in [2.45, 2.75) is 6.42 Å². The molecule has 4 rings (SSSR count). The molecule has 2 saturated heterocycles. The Bertz CT molecular complexity index is 1000. The Balaban J connectivity index is 1.24. The largest absolute Gasteiger partial charge is 0.378 e. The van der Waals surface area contributed by atoms with Gasteiger partial charge in [0.1, 0.15) is 6.42 Å². The number of anilines is 2. The lowest BCUT2D eigenvalue weighted by Gasteiger charge is -2.35. The Morgan fingerprint density at radius 1 is 0.848 bits per heavy atom. The summed E-state index contributed by atoms with van der Waals surface area (Å²) in [4.78, 5) is 43.3. The molecular formula is C24H27BrN4O4. The second-order valence-corrected chi connectivity index (χ2v) is 8.88. The molecule has 1 N–H and O–H groups in total. The van der Waals surface area contributed by atoms with Crippen molar-refractivity contribution >= 4 is 45.0 Å². The minimum Gasteiger partial charge on any atom is -0.378 e. The summed E-state index contributed by atoms with van der Waals surface area (Å²) in [5.41, 5.74) is 2.35. The Hall–Kier alpha value is -2.91. The van der Waals surface area contributed by atoms with E-state index in [1.165, 1.54) is 0 Å². The third-order valence-electron chi connectivity index (χ3n) is 5.86. The van der Waals surface area contributed by atoms with Gasteiger partial charge in [0.15, 0.2) is 0 Å². The third kappa shape index (κ3) is 5.91. The monoisotopic (exact) mass is 514 g/mol. The Labute approximate surface area is 201 Å². The number of hydrogen-bond donors (Lipinski definition) is 1. The molecule has 0 unspecified atom stereocenters. The fourth-order valence-electron chi connectivity index (χ4n) is 4.00. The number of carbonyl (C=O) groups excluding carboxylic acids is 3. The molecule has 2 fully saturated rings. The van der Waals surface area contributed by atoms with E-state index in [1.807, 2.05) is 42.5 Å². The van der Waals surface area contributed by atoms with E-state index in [2.05, 4.69) is 26.1 Å². The molecule has 0 atom stereocenters. The molecular weight excluding hydrogens is 488 g/mol. The van der Waals surface area contributed by atoms with E-state index in [0.717, 1.165) is 23.2 Å². The van der Waals surface area contributed by atoms with E-state index in [-0.39, 0.29) is 24.1 Å². The summed E-state index contributed by atoms with van der Waals surface area (Å²) >= 11 is 3.41. The molecule has 0 aromatic heterocycles. The van der Waals surface area contributed by atoms with Crippen LogP contribution in [0.25, 0.3) is 0 Å². The standard InChI is InChI=1S/C24H27BrN4O4/c25-21-4-2-1-3-20(21)24(32)29-11-9-28(10-12-29)23(31)17-22(30)26-18-5-7-19(8-6-18)27-13-15-33-16-14-27/h1-8H,9-17H2,(H,26,30). The highest BCUT2D eigenvalue weighted by atomic mass is 79.9. The Morgan fingerprint density at radius 2 is 1.48 bits per heavy atom. The average molecular weight is 515 g/mol. The number of piperazine rings is 1. The summed E-state index contributed by atoms with van der Waals surface area (Å²) in [6, 6.07) is 14.9. The number of morpholine rings is 1. The second-order valence-electron chi connectivity index (χ2n) is 8.02. The first-order valence-corrected chi connectivity index (χ1v) is 11.8. The van der Waals surface area contributed by atoms with Gasteiger partial charge in [-0.25, -0.2) is 0 Å². The zero-order valence-corrected chi connectivity index (χ0v) is 19.9. The highest BCUT2D eigenvalue weighted by molar-refractivity contribution is 9.10. The van der Waals surface area contributed by atoms with Crippen LogP contribution in [-0.2, 0) is 14.3 Å². The highest BCUT2D eigenvalue weighted by Crippen LogP contribution is 2.20. The lowest BCUT2D eigenvalue weighted by molar-refractivity contribution is -0.135. The van der Waals surface area contributed by atoms with Crippen LogP contribution in [0.2, 0.25) is 0 Å². The molecule has 2 aromatic rings. The molecule has 0 aliphatic carbocycles. The van der Waals surface area contributed by atoms with Crippen molar-refractivity contribution < 1.29 is 19.1 Å². The molecule has 0 bridgehead atoms. The van der Waals surface area contributed by atoms with Gasteiger partial charge in [-0.1, -0.05) is 12.1 Å². The van der Waals surface area contributed by atoms with Crippen molar-refractivity contribution in [2.24, 2.45) is 0 Å². The molecule has 9 heteroatoms. The quantitative estimate of drug-likeness (QED) is 0.620. The van der Waals surface area contributed by atoms with Crippen LogP contribution in [0.5, 0.6) is 0 Å². The molecule has 8 nitrogen and oxygen atoms in total. The second kappa shape index (κ2) is 10.8. The van der Waals surface area contributed by atoms with Crippen molar-refractivity contribution in [1.82, 2.24) is 9.80 Å². The summed E-state index contributed by atoms with van der Waals surface area (Å²) in [5.74, 6) is -0.635. The van der Waals surface area contributed by atoms with Crippen molar-refractivity contribution in [2.75, 3.05) is 62.7 Å². The molecule has 2 aromatic carbocycles. The van der Waals surface area contributed by atoms with Gasteiger partial charge in [0.25, 0.3) is 5.91 Å². The summed E-state index contributed by atoms with van der Waals surface area (Å²) in [6.45, 7) is 4.84. The van der Waals surface area contributed by atoms with Gasteiger partial charge in [0.2, 0.25) is 11.8 Å². The summed E-state index contributed by atoms with van der Waals surface area (Å²) in [7, 11) is 0. The maximum atomic E-state index is 12.7. The topological polar surface area (TPSA) is 82.2 Å². The zero-order valence-electron chi connectivity index (χ0n) is 18.3. The Morgan fingerprint density at radius 3 is 2.15 bits per heavy atom. The van der Waals surface area contributed by atoms with Crippen LogP contribution >= 0.6 is 15.9 Å². The summed E-state index contributed by atoms with van der Waals surface area (Å²) < 4.78 is 6.12. The van der Waals surface area contributed by atoms with Crippen LogP contribution < -0.4 is 10.2 Å². The first-order valence-electron chi connectivity index (χ1n) is 11.1. The molecule has 2 aliphatic heterocycles. The van der Waals surface area contributed by atoms with E-state index in [4.69, 9.17) is 4.74 Å². The first kappa shape index (κ1) is 23.3. The fraction of sp³-hybridized carbons (Fsp3) is 0.375. The van der Waals surface area contributed by atoms with Crippen molar-refractivity contribution in [3.8, 4) is 0 Å². The molecule has 3 amide bonds. The van der Waals surface area contributed by atoms with E-state index in [1.54, 1.807) is 15.9 Å². The van der Waals surface area contributed by atoms with E-state index >= 15 is 0 Å². The van der Waals surface area contributed by atoms with Crippen molar-refractivity contribution in [1.29, 1.82) is 0 Å². The summed E-state index contributed by atoms with van der Waals surface area (Å²) in [6.07, 6.45) is -0.219. The number of hydrogen-bond acceptors (Lipinski definition) is 5. The van der Waals surface area contributed by atoms with Crippen LogP contribution in [0.1, 0.15) is 16.8 Å². The lowest BCUT2D eigenvalue weighted by atomic mass is 10.1. The van der Waals surface area contributed by atoms with Crippen LogP contribution in [-0.4, -0.2) is 80.0 Å². The smallest absolute Gasteiger partial charge is 0.255 e. The van der Waals surface area contributed by atoms with Crippen LogP contribution in [0.4, 0.5) is 11.4 Å². The van der Waals surface area contributed by atoms with Gasteiger partial charge in [-0.2, -0.15) is 0 Å². The molecule has 0 saturated carbocycles. The fourth-order valence-corrected chi connectivity index (χ4v) is 4.45. The molecule has 0 radical (unpaired) electrons. The van der Waals surface area contributed by atoms with Crippen molar-refractivity contribution in [3.05, 3.63) is 58.6 Å². The van der Waals surface area contributed by atoms with Gasteiger partial charge < -0.3 is 24.8 Å². The molecule has 0 spiro atoms. The normalized spacial score (nSPS) is 16.5. The molecule has 2 aliphatic rings. The van der Waals surface area contributed by atoms with Crippen LogP contribution in [0.15, 0.2) is 53.0 Å². The molecule has 33 heavy (non-hydrogen) atoms. The van der Waals surface area contributed by atoms with Gasteiger partial charge in [-0.05, 0) is 52.3 Å². The van der Waals surface area contributed by atoms with Gasteiger partial charge in [-0.3, -0.25) is 14.4 Å². The number of nitrogens with zero attached hydrogens (tertiary/aromatic N) is 3. The van der Waals surface area contributed by atoms with Crippen LogP contribution in [0, 0.1) is 0 Å². The number of halogens is 1. The van der Waals surface area contributed by atoms with Gasteiger partial charge in [0, 0.05) is 55.1 Å². The number of amides is 3. The van der Waals surface area contributed by atoms with Crippen LogP contribution in [0.3, 0.4) is 0 Å². The SMILES string of the molecule is O=C(CC(=O)N1CCN(C(=O)c2ccccc2Br)CC1)Nc1ccc(N2CCOCC2)cc1. The van der Waals surface area contributed by atoms with Gasteiger partial charge in [0.05, 0.1) is 18.8 Å². The third-order valence-corrected chi connectivity index (χ3v) is 6.55. The number of carbonyl (C=O) groups is 3. The average Bonchev–Trinajstić information content (AvgIpc) is 2.85. The predicted octanol–water partition coefficient (Wildman–Crippen LogP) is 2.60. The van der Waals surface area contributed by atoms with Crippen molar-refractivity contribution in [3.63, 3.8) is 0 Å². The predicted molar refractivity (Wildman–Crippen MR) is 129 cm³/mol. The first-order chi connectivity index (χ1) is 16.0. The van der Waals surface area contributed by atoms with E-state index in [0.29, 0.717) is 50.6 Å².